The first kappa shape index (κ1) is 29.7. The Morgan fingerprint density at radius 2 is 1.51 bits per heavy atom. The molecule has 0 saturated carbocycles. The minimum Gasteiger partial charge on any atom is -0.392 e. The Bertz CT molecular complexity index is 1360. The average molecular weight is 561 g/mol. The van der Waals surface area contributed by atoms with Crippen molar-refractivity contribution in [3.8, 4) is 0 Å². The molecule has 4 amide bonds. The molecule has 41 heavy (non-hydrogen) atoms. The standard InChI is InChI=1S/C31H36N4O6/c1-4-40-28(41-5-2)19-35-26-9-7-6-8-25(26)31(29(35)38,34-30(39)33-24-14-10-21(3)11-15-24)18-27(37)32-23-16-12-22(20-36)13-17-23/h6-17,28,36H,4-5,18-20H2,1-3H3,(H,32,37)(H2,33,34,39)/t31-/m1/s1. The molecule has 0 radical (unpaired) electrons. The Kier molecular flexibility index (Phi) is 9.72. The smallest absolute Gasteiger partial charge is 0.320 e. The Morgan fingerprint density at radius 1 is 0.902 bits per heavy atom. The molecule has 10 heteroatoms. The van der Waals surface area contributed by atoms with E-state index in [4.69, 9.17) is 9.47 Å². The third-order valence-corrected chi connectivity index (χ3v) is 6.78. The van der Waals surface area contributed by atoms with Gasteiger partial charge in [0.1, 0.15) is 0 Å². The predicted octanol–water partition coefficient (Wildman–Crippen LogP) is 4.28. The lowest BCUT2D eigenvalue weighted by atomic mass is 9.87. The molecule has 0 saturated heterocycles. The van der Waals surface area contributed by atoms with Crippen LogP contribution in [-0.4, -0.2) is 49.0 Å². The normalized spacial score (nSPS) is 16.0. The maximum absolute atomic E-state index is 14.3. The predicted molar refractivity (Wildman–Crippen MR) is 156 cm³/mol. The van der Waals surface area contributed by atoms with Crippen LogP contribution in [0, 0.1) is 6.92 Å². The maximum Gasteiger partial charge on any atom is 0.320 e. The lowest BCUT2D eigenvalue weighted by molar-refractivity contribution is -0.138. The van der Waals surface area contributed by atoms with E-state index in [1.54, 1.807) is 60.7 Å². The van der Waals surface area contributed by atoms with Crippen LogP contribution < -0.4 is 20.9 Å². The molecular weight excluding hydrogens is 524 g/mol. The fraction of sp³-hybridized carbons (Fsp3) is 0.323. The molecule has 10 nitrogen and oxygen atoms in total. The summed E-state index contributed by atoms with van der Waals surface area (Å²) >= 11 is 0. The molecule has 1 aliphatic rings. The van der Waals surface area contributed by atoms with E-state index >= 15 is 0 Å². The second-order valence-electron chi connectivity index (χ2n) is 9.70. The molecular formula is C31H36N4O6. The first-order chi connectivity index (χ1) is 19.8. The van der Waals surface area contributed by atoms with E-state index in [2.05, 4.69) is 16.0 Å². The molecule has 0 spiro atoms. The summed E-state index contributed by atoms with van der Waals surface area (Å²) in [4.78, 5) is 42.6. The number of carbonyl (C=O) groups excluding carboxylic acids is 3. The summed E-state index contributed by atoms with van der Waals surface area (Å²) in [5.74, 6) is -0.957. The quantitative estimate of drug-likeness (QED) is 0.245. The van der Waals surface area contributed by atoms with Gasteiger partial charge < -0.3 is 35.4 Å². The van der Waals surface area contributed by atoms with Gasteiger partial charge in [0.25, 0.3) is 5.91 Å². The highest BCUT2D eigenvalue weighted by Gasteiger charge is 2.53. The number of aliphatic hydroxyl groups excluding tert-OH is 1. The number of nitrogens with one attached hydrogen (secondary N) is 3. The number of ether oxygens (including phenoxy) is 2. The number of aliphatic hydroxyl groups is 1. The topological polar surface area (TPSA) is 129 Å². The first-order valence-corrected chi connectivity index (χ1v) is 13.6. The fourth-order valence-corrected chi connectivity index (χ4v) is 4.85. The molecule has 4 rings (SSSR count). The van der Waals surface area contributed by atoms with E-state index in [1.165, 1.54) is 4.90 Å². The van der Waals surface area contributed by atoms with Crippen LogP contribution in [0.1, 0.15) is 37.0 Å². The summed E-state index contributed by atoms with van der Waals surface area (Å²) in [7, 11) is 0. The minimum absolute atomic E-state index is 0.0742. The van der Waals surface area contributed by atoms with Gasteiger partial charge in [0.2, 0.25) is 5.91 Å². The zero-order valence-corrected chi connectivity index (χ0v) is 23.5. The summed E-state index contributed by atoms with van der Waals surface area (Å²) in [6.45, 7) is 6.33. The zero-order valence-electron chi connectivity index (χ0n) is 23.5. The van der Waals surface area contributed by atoms with Crippen LogP contribution in [0.2, 0.25) is 0 Å². The number of aryl methyl sites for hydroxylation is 1. The van der Waals surface area contributed by atoms with E-state index in [0.29, 0.717) is 41.4 Å². The van der Waals surface area contributed by atoms with Crippen LogP contribution in [0.5, 0.6) is 0 Å². The number of rotatable bonds is 12. The van der Waals surface area contributed by atoms with Crippen LogP contribution >= 0.6 is 0 Å². The van der Waals surface area contributed by atoms with Crippen molar-refractivity contribution >= 4 is 34.9 Å². The molecule has 4 N–H and O–H groups in total. The van der Waals surface area contributed by atoms with Crippen molar-refractivity contribution < 1.29 is 29.0 Å². The number of benzene rings is 3. The number of anilines is 3. The molecule has 216 valence electrons. The van der Waals surface area contributed by atoms with Gasteiger partial charge in [0, 0.05) is 30.2 Å². The minimum atomic E-state index is -1.70. The summed E-state index contributed by atoms with van der Waals surface area (Å²) in [6.07, 6.45) is -1.06. The van der Waals surface area contributed by atoms with Crippen molar-refractivity contribution in [2.24, 2.45) is 0 Å². The van der Waals surface area contributed by atoms with E-state index in [0.717, 1.165) is 5.56 Å². The second kappa shape index (κ2) is 13.4. The highest BCUT2D eigenvalue weighted by atomic mass is 16.7. The highest BCUT2D eigenvalue weighted by molar-refractivity contribution is 6.12. The molecule has 0 fully saturated rings. The average Bonchev–Trinajstić information content (AvgIpc) is 3.17. The first-order valence-electron chi connectivity index (χ1n) is 13.6. The Labute approximate surface area is 239 Å². The van der Waals surface area contributed by atoms with Gasteiger partial charge in [-0.05, 0) is 56.7 Å². The molecule has 0 unspecified atom stereocenters. The summed E-state index contributed by atoms with van der Waals surface area (Å²) in [5.41, 5.74) is 2.10. The number of hydrogen-bond donors (Lipinski definition) is 4. The van der Waals surface area contributed by atoms with Crippen LogP contribution in [0.25, 0.3) is 0 Å². The van der Waals surface area contributed by atoms with Crippen LogP contribution in [0.4, 0.5) is 21.9 Å². The van der Waals surface area contributed by atoms with Crippen LogP contribution in [0.15, 0.2) is 72.8 Å². The molecule has 3 aromatic rings. The SMILES string of the molecule is CCOC(CN1C(=O)[C@](CC(=O)Nc2ccc(CO)cc2)(NC(=O)Nc2ccc(C)cc2)c2ccccc21)OCC. The lowest BCUT2D eigenvalue weighted by Crippen LogP contribution is -2.56. The fourth-order valence-electron chi connectivity index (χ4n) is 4.85. The lowest BCUT2D eigenvalue weighted by Gasteiger charge is -2.30. The van der Waals surface area contributed by atoms with Gasteiger partial charge in [0.05, 0.1) is 25.3 Å². The molecule has 1 atom stereocenters. The highest BCUT2D eigenvalue weighted by Crippen LogP contribution is 2.43. The molecule has 1 heterocycles. The van der Waals surface area contributed by atoms with Gasteiger partial charge in [-0.1, -0.05) is 48.0 Å². The third kappa shape index (κ3) is 6.91. The van der Waals surface area contributed by atoms with Crippen molar-refractivity contribution in [3.05, 3.63) is 89.5 Å². The number of fused-ring (bicyclic) bond motifs is 1. The molecule has 0 aromatic heterocycles. The van der Waals surface area contributed by atoms with Crippen molar-refractivity contribution in [1.82, 2.24) is 5.32 Å². The Morgan fingerprint density at radius 3 is 2.15 bits per heavy atom. The van der Waals surface area contributed by atoms with Crippen molar-refractivity contribution in [1.29, 1.82) is 0 Å². The molecule has 0 bridgehead atoms. The molecule has 3 aromatic carbocycles. The zero-order chi connectivity index (χ0) is 29.4. The van der Waals surface area contributed by atoms with Crippen LogP contribution in [-0.2, 0) is 31.2 Å². The number of hydrogen-bond acceptors (Lipinski definition) is 6. The van der Waals surface area contributed by atoms with E-state index in [-0.39, 0.29) is 19.6 Å². The van der Waals surface area contributed by atoms with Crippen molar-refractivity contribution in [2.45, 2.75) is 45.6 Å². The van der Waals surface area contributed by atoms with Gasteiger partial charge in [0.15, 0.2) is 11.8 Å². The summed E-state index contributed by atoms with van der Waals surface area (Å²) in [5, 5.41) is 17.8. The number of nitrogens with zero attached hydrogens (tertiary/aromatic N) is 1. The maximum atomic E-state index is 14.3. The third-order valence-electron chi connectivity index (χ3n) is 6.78. The van der Waals surface area contributed by atoms with Gasteiger partial charge in [-0.2, -0.15) is 0 Å². The number of amides is 4. The van der Waals surface area contributed by atoms with Gasteiger partial charge in [-0.25, -0.2) is 4.79 Å². The van der Waals surface area contributed by atoms with E-state index in [1.807, 2.05) is 32.9 Å². The number of para-hydroxylation sites is 1. The van der Waals surface area contributed by atoms with Crippen molar-refractivity contribution in [3.63, 3.8) is 0 Å². The van der Waals surface area contributed by atoms with Gasteiger partial charge in [-0.3, -0.25) is 9.59 Å². The summed E-state index contributed by atoms with van der Waals surface area (Å²) in [6, 6.07) is 20.4. The van der Waals surface area contributed by atoms with Crippen molar-refractivity contribution in [2.75, 3.05) is 35.3 Å². The molecule has 0 aliphatic carbocycles. The van der Waals surface area contributed by atoms with E-state index in [9.17, 15) is 19.5 Å². The van der Waals surface area contributed by atoms with Crippen LogP contribution in [0.3, 0.4) is 0 Å². The second-order valence-corrected chi connectivity index (χ2v) is 9.70. The number of urea groups is 1. The van der Waals surface area contributed by atoms with Gasteiger partial charge in [-0.15, -0.1) is 0 Å². The monoisotopic (exact) mass is 560 g/mol. The largest absolute Gasteiger partial charge is 0.392 e. The van der Waals surface area contributed by atoms with E-state index < -0.39 is 29.7 Å². The van der Waals surface area contributed by atoms with Gasteiger partial charge >= 0.3 is 6.03 Å². The summed E-state index contributed by atoms with van der Waals surface area (Å²) < 4.78 is 11.4. The Balaban J connectivity index is 1.68. The molecule has 1 aliphatic heterocycles. The Hall–Kier alpha value is -4.25. The number of carbonyl (C=O) groups is 3.